The molecule has 0 spiro atoms. The molecule has 0 aliphatic rings. The van der Waals surface area contributed by atoms with E-state index in [0.29, 0.717) is 11.1 Å². The smallest absolute Gasteiger partial charge is 0.330 e. The minimum absolute atomic E-state index is 0.142. The third-order valence-electron chi connectivity index (χ3n) is 3.51. The lowest BCUT2D eigenvalue weighted by atomic mass is 9.95. The van der Waals surface area contributed by atoms with Crippen molar-refractivity contribution in [2.75, 3.05) is 13.7 Å². The third kappa shape index (κ3) is 7.51. The van der Waals surface area contributed by atoms with E-state index in [9.17, 15) is 9.59 Å². The quantitative estimate of drug-likeness (QED) is 0.405. The molecule has 144 valence electrons. The van der Waals surface area contributed by atoms with Crippen molar-refractivity contribution in [3.05, 3.63) is 35.4 Å². The van der Waals surface area contributed by atoms with Crippen LogP contribution < -0.4 is 11.1 Å². The van der Waals surface area contributed by atoms with E-state index in [1.807, 2.05) is 0 Å². The summed E-state index contributed by atoms with van der Waals surface area (Å²) in [6.45, 7) is 2.89. The summed E-state index contributed by atoms with van der Waals surface area (Å²) >= 11 is 0. The van der Waals surface area contributed by atoms with Crippen molar-refractivity contribution < 1.29 is 24.5 Å². The van der Waals surface area contributed by atoms with Crippen LogP contribution in [0.15, 0.2) is 24.3 Å². The molecule has 5 N–H and O–H groups in total. The molecule has 1 rings (SSSR count). The van der Waals surface area contributed by atoms with Gasteiger partial charge in [0.05, 0.1) is 19.8 Å². The van der Waals surface area contributed by atoms with Gasteiger partial charge in [0, 0.05) is 23.1 Å². The molecule has 0 fully saturated rings. The fourth-order valence-corrected chi connectivity index (χ4v) is 1.97. The predicted molar refractivity (Wildman–Crippen MR) is 100 cm³/mol. The van der Waals surface area contributed by atoms with Gasteiger partial charge in [-0.3, -0.25) is 4.79 Å². The molecule has 27 heavy (non-hydrogen) atoms. The van der Waals surface area contributed by atoms with Crippen LogP contribution in [0.25, 0.3) is 0 Å². The molecule has 1 aromatic rings. The molecule has 7 nitrogen and oxygen atoms in total. The third-order valence-corrected chi connectivity index (χ3v) is 3.51. The van der Waals surface area contributed by atoms with Gasteiger partial charge in [0.25, 0.3) is 5.91 Å². The highest BCUT2D eigenvalue weighted by Gasteiger charge is 2.34. The average Bonchev–Trinajstić information content (AvgIpc) is 2.64. The van der Waals surface area contributed by atoms with Crippen molar-refractivity contribution in [2.45, 2.75) is 38.0 Å². The van der Waals surface area contributed by atoms with Gasteiger partial charge >= 0.3 is 5.97 Å². The zero-order chi connectivity index (χ0) is 20.4. The van der Waals surface area contributed by atoms with E-state index < -0.39 is 29.6 Å². The molecular weight excluding hydrogens is 348 g/mol. The first kappa shape index (κ1) is 22.2. The molecule has 2 atom stereocenters. The van der Waals surface area contributed by atoms with Gasteiger partial charge < -0.3 is 26.0 Å². The Morgan fingerprint density at radius 1 is 1.26 bits per heavy atom. The maximum atomic E-state index is 12.3. The minimum Gasteiger partial charge on any atom is -0.467 e. The van der Waals surface area contributed by atoms with Crippen LogP contribution in [0.5, 0.6) is 0 Å². The molecule has 0 radical (unpaired) electrons. The number of rotatable bonds is 6. The molecule has 0 aliphatic carbocycles. The zero-order valence-corrected chi connectivity index (χ0v) is 15.6. The van der Waals surface area contributed by atoms with Crippen molar-refractivity contribution in [1.29, 1.82) is 0 Å². The largest absolute Gasteiger partial charge is 0.467 e. The standard InChI is InChI=1S/C20H24N2O5/c1-20(2,21)17(19(26)27-3)22-18(25)15-11-9-14(10-12-15)7-5-4-6-8-16(24)13-23/h9-12,16-17,23-24H,8,13,21H2,1-3H3,(H,22,25)/t16-,17?/m0/s1. The van der Waals surface area contributed by atoms with Crippen molar-refractivity contribution >= 4 is 11.9 Å². The van der Waals surface area contributed by atoms with Crippen molar-refractivity contribution in [3.63, 3.8) is 0 Å². The summed E-state index contributed by atoms with van der Waals surface area (Å²) < 4.78 is 4.69. The van der Waals surface area contributed by atoms with Crippen LogP contribution in [0, 0.1) is 23.7 Å². The highest BCUT2D eigenvalue weighted by molar-refractivity contribution is 5.97. The lowest BCUT2D eigenvalue weighted by molar-refractivity contribution is -0.144. The summed E-state index contributed by atoms with van der Waals surface area (Å²) in [5, 5.41) is 20.4. The van der Waals surface area contributed by atoms with Crippen molar-refractivity contribution in [1.82, 2.24) is 5.32 Å². The topological polar surface area (TPSA) is 122 Å². The number of benzene rings is 1. The lowest BCUT2D eigenvalue weighted by Crippen LogP contribution is -2.59. The fourth-order valence-electron chi connectivity index (χ4n) is 1.97. The Morgan fingerprint density at radius 2 is 1.89 bits per heavy atom. The van der Waals surface area contributed by atoms with Crippen molar-refractivity contribution in [3.8, 4) is 23.7 Å². The van der Waals surface area contributed by atoms with Gasteiger partial charge in [0.15, 0.2) is 0 Å². The second-order valence-corrected chi connectivity index (χ2v) is 6.42. The molecule has 0 saturated heterocycles. The molecule has 1 aromatic carbocycles. The number of esters is 1. The Hall–Kier alpha value is -2.84. The molecule has 0 bridgehead atoms. The van der Waals surface area contributed by atoms with Gasteiger partial charge in [0.2, 0.25) is 0 Å². The molecule has 1 amide bonds. The van der Waals surface area contributed by atoms with Gasteiger partial charge in [0.1, 0.15) is 6.04 Å². The number of hydrogen-bond donors (Lipinski definition) is 4. The first-order valence-electron chi connectivity index (χ1n) is 8.24. The normalized spacial score (nSPS) is 12.5. The predicted octanol–water partition coefficient (Wildman–Crippen LogP) is -0.206. The second-order valence-electron chi connectivity index (χ2n) is 6.42. The van der Waals surface area contributed by atoms with E-state index in [1.54, 1.807) is 38.1 Å². The number of carbonyl (C=O) groups is 2. The highest BCUT2D eigenvalue weighted by atomic mass is 16.5. The Bertz CT molecular complexity index is 773. The summed E-state index contributed by atoms with van der Waals surface area (Å²) in [5.41, 5.74) is 5.94. The van der Waals surface area contributed by atoms with Crippen LogP contribution >= 0.6 is 0 Å². The fraction of sp³-hybridized carbons (Fsp3) is 0.400. The number of aliphatic hydroxyl groups is 2. The molecule has 0 heterocycles. The second kappa shape index (κ2) is 10.3. The van der Waals surface area contributed by atoms with Crippen LogP contribution in [0.4, 0.5) is 0 Å². The number of methoxy groups -OCH3 is 1. The summed E-state index contributed by atoms with van der Waals surface area (Å²) in [4.78, 5) is 24.2. The van der Waals surface area contributed by atoms with Crippen LogP contribution in [-0.4, -0.2) is 53.5 Å². The number of ether oxygens (including phenoxy) is 1. The van der Waals surface area contributed by atoms with Crippen LogP contribution in [0.3, 0.4) is 0 Å². The maximum absolute atomic E-state index is 12.3. The lowest BCUT2D eigenvalue weighted by Gasteiger charge is -2.28. The first-order valence-corrected chi connectivity index (χ1v) is 8.24. The molecular formula is C20H24N2O5. The van der Waals surface area contributed by atoms with Crippen molar-refractivity contribution in [2.24, 2.45) is 5.73 Å². The molecule has 0 saturated carbocycles. The van der Waals surface area contributed by atoms with Gasteiger partial charge in [-0.25, -0.2) is 4.79 Å². The number of nitrogens with one attached hydrogen (secondary N) is 1. The zero-order valence-electron chi connectivity index (χ0n) is 15.6. The first-order chi connectivity index (χ1) is 12.7. The van der Waals surface area contributed by atoms with Gasteiger partial charge in [-0.1, -0.05) is 11.8 Å². The Labute approximate surface area is 158 Å². The molecule has 7 heteroatoms. The highest BCUT2D eigenvalue weighted by Crippen LogP contribution is 2.10. The Morgan fingerprint density at radius 3 is 2.41 bits per heavy atom. The molecule has 0 aliphatic heterocycles. The number of carbonyl (C=O) groups excluding carboxylic acids is 2. The Balaban J connectivity index is 2.78. The van der Waals surface area contributed by atoms with E-state index >= 15 is 0 Å². The number of amides is 1. The summed E-state index contributed by atoms with van der Waals surface area (Å²) in [7, 11) is 1.23. The average molecular weight is 372 g/mol. The van der Waals surface area contributed by atoms with Gasteiger partial charge in [-0.2, -0.15) is 0 Å². The molecule has 0 aromatic heterocycles. The Kier molecular flexibility index (Phi) is 8.50. The summed E-state index contributed by atoms with van der Waals surface area (Å²) in [6.07, 6.45) is -0.729. The minimum atomic E-state index is -0.990. The van der Waals surface area contributed by atoms with Gasteiger partial charge in [-0.05, 0) is 50.0 Å². The monoisotopic (exact) mass is 372 g/mol. The van der Waals surface area contributed by atoms with E-state index in [0.717, 1.165) is 0 Å². The van der Waals surface area contributed by atoms with Crippen LogP contribution in [0.1, 0.15) is 36.2 Å². The number of nitrogens with two attached hydrogens (primary N) is 1. The van der Waals surface area contributed by atoms with Crippen LogP contribution in [0.2, 0.25) is 0 Å². The van der Waals surface area contributed by atoms with E-state index in [2.05, 4.69) is 33.7 Å². The molecule has 1 unspecified atom stereocenters. The SMILES string of the molecule is COC(=O)C(NC(=O)c1ccc(C#CC#CC[C@H](O)CO)cc1)C(C)(C)N. The van der Waals surface area contributed by atoms with Crippen LogP contribution in [-0.2, 0) is 9.53 Å². The number of hydrogen-bond acceptors (Lipinski definition) is 6. The van der Waals surface area contributed by atoms with E-state index in [-0.39, 0.29) is 13.0 Å². The summed E-state index contributed by atoms with van der Waals surface area (Å²) in [5.74, 6) is 9.55. The number of aliphatic hydroxyl groups excluding tert-OH is 2. The maximum Gasteiger partial charge on any atom is 0.330 e. The van der Waals surface area contributed by atoms with E-state index in [4.69, 9.17) is 15.9 Å². The van der Waals surface area contributed by atoms with Gasteiger partial charge in [-0.15, -0.1) is 0 Å². The van der Waals surface area contributed by atoms with E-state index in [1.165, 1.54) is 7.11 Å². The summed E-state index contributed by atoms with van der Waals surface area (Å²) in [6, 6.07) is 5.44.